The fraction of sp³-hybridized carbons (Fsp3) is 0.250. The van der Waals surface area contributed by atoms with E-state index >= 15 is 0 Å². The van der Waals surface area contributed by atoms with E-state index in [9.17, 15) is 4.79 Å². The lowest BCUT2D eigenvalue weighted by atomic mass is 9.99. The number of hydrogen-bond donors (Lipinski definition) is 2. The topological polar surface area (TPSA) is 50.4 Å². The first-order valence-electron chi connectivity index (χ1n) is 8.54. The minimum absolute atomic E-state index is 0.0214. The van der Waals surface area contributed by atoms with Crippen LogP contribution in [0.15, 0.2) is 36.4 Å². The number of benzene rings is 2. The summed E-state index contributed by atoms with van der Waals surface area (Å²) in [6, 6.07) is 12.2. The van der Waals surface area contributed by atoms with E-state index in [2.05, 4.69) is 22.8 Å². The molecule has 1 amide bonds. The molecule has 0 fully saturated rings. The van der Waals surface area contributed by atoms with Crippen molar-refractivity contribution in [1.82, 2.24) is 5.32 Å². The number of carbonyl (C=O) groups excluding carboxylic acids is 1. The first kappa shape index (κ1) is 14.8. The summed E-state index contributed by atoms with van der Waals surface area (Å²) >= 11 is 1.73. The number of anilines is 1. The van der Waals surface area contributed by atoms with Crippen molar-refractivity contribution in [3.8, 4) is 5.75 Å². The largest absolute Gasteiger partial charge is 0.496 e. The molecule has 5 heteroatoms. The van der Waals surface area contributed by atoms with Crippen LogP contribution in [0.2, 0.25) is 0 Å². The van der Waals surface area contributed by atoms with Gasteiger partial charge in [0.1, 0.15) is 16.9 Å². The molecule has 0 unspecified atom stereocenters. The summed E-state index contributed by atoms with van der Waals surface area (Å²) in [6.45, 7) is 0. The van der Waals surface area contributed by atoms with E-state index < -0.39 is 0 Å². The van der Waals surface area contributed by atoms with Crippen LogP contribution >= 0.6 is 11.3 Å². The maximum Gasteiger partial charge on any atom is 0.256 e. The van der Waals surface area contributed by atoms with Gasteiger partial charge in [0.2, 0.25) is 0 Å². The minimum Gasteiger partial charge on any atom is -0.496 e. The Labute approximate surface area is 149 Å². The molecule has 1 atom stereocenters. The highest BCUT2D eigenvalue weighted by atomic mass is 32.1. The standard InChI is InChI=1S/C20H18N2O2S/c1-24-14-10-9-11-5-2-3-6-12(11)16(14)18-21-19(23)17-13-7-4-8-15(13)25-20(17)22-18/h2-3,5-6,9-10,18,22H,4,7-8H2,1H3,(H,21,23)/t18-/m0/s1. The van der Waals surface area contributed by atoms with Gasteiger partial charge in [-0.15, -0.1) is 11.3 Å². The molecule has 5 rings (SSSR count). The van der Waals surface area contributed by atoms with Gasteiger partial charge in [-0.3, -0.25) is 4.79 Å². The Morgan fingerprint density at radius 1 is 1.12 bits per heavy atom. The van der Waals surface area contributed by atoms with Crippen LogP contribution in [-0.2, 0) is 12.8 Å². The van der Waals surface area contributed by atoms with Crippen LogP contribution < -0.4 is 15.4 Å². The van der Waals surface area contributed by atoms with Gasteiger partial charge >= 0.3 is 0 Å². The summed E-state index contributed by atoms with van der Waals surface area (Å²) in [6.07, 6.45) is 2.96. The summed E-state index contributed by atoms with van der Waals surface area (Å²) in [5, 5.41) is 9.91. The lowest BCUT2D eigenvalue weighted by molar-refractivity contribution is 0.0935. The molecule has 0 saturated carbocycles. The number of fused-ring (bicyclic) bond motifs is 4. The van der Waals surface area contributed by atoms with Crippen LogP contribution in [0.3, 0.4) is 0 Å². The molecular formula is C20H18N2O2S. The summed E-state index contributed by atoms with van der Waals surface area (Å²) in [4.78, 5) is 14.2. The predicted molar refractivity (Wildman–Crippen MR) is 101 cm³/mol. The zero-order valence-electron chi connectivity index (χ0n) is 13.9. The summed E-state index contributed by atoms with van der Waals surface area (Å²) in [7, 11) is 1.67. The summed E-state index contributed by atoms with van der Waals surface area (Å²) < 4.78 is 5.60. The van der Waals surface area contributed by atoms with E-state index in [1.165, 1.54) is 10.4 Å². The average Bonchev–Trinajstić information content (AvgIpc) is 3.21. The maximum atomic E-state index is 12.8. The number of aryl methyl sites for hydroxylation is 1. The molecule has 0 saturated heterocycles. The molecule has 2 aromatic carbocycles. The van der Waals surface area contributed by atoms with Gasteiger partial charge in [-0.25, -0.2) is 0 Å². The Morgan fingerprint density at radius 2 is 2.00 bits per heavy atom. The van der Waals surface area contributed by atoms with Gasteiger partial charge in [0.15, 0.2) is 0 Å². The van der Waals surface area contributed by atoms with Crippen LogP contribution in [0.1, 0.15) is 38.9 Å². The van der Waals surface area contributed by atoms with Crippen LogP contribution in [-0.4, -0.2) is 13.0 Å². The van der Waals surface area contributed by atoms with Gasteiger partial charge in [-0.2, -0.15) is 0 Å². The fourth-order valence-electron chi connectivity index (χ4n) is 4.01. The van der Waals surface area contributed by atoms with Gasteiger partial charge in [-0.05, 0) is 41.7 Å². The molecule has 3 aromatic rings. The van der Waals surface area contributed by atoms with Crippen molar-refractivity contribution in [2.45, 2.75) is 25.4 Å². The van der Waals surface area contributed by atoms with Crippen LogP contribution in [0.25, 0.3) is 10.8 Å². The number of methoxy groups -OCH3 is 1. The van der Waals surface area contributed by atoms with E-state index in [-0.39, 0.29) is 12.1 Å². The zero-order chi connectivity index (χ0) is 17.0. The van der Waals surface area contributed by atoms with Crippen LogP contribution in [0, 0.1) is 0 Å². The second-order valence-electron chi connectivity index (χ2n) is 6.51. The molecule has 1 aromatic heterocycles. The van der Waals surface area contributed by atoms with Gasteiger partial charge in [0.05, 0.1) is 12.7 Å². The molecule has 0 radical (unpaired) electrons. The Morgan fingerprint density at radius 3 is 2.88 bits per heavy atom. The summed E-state index contributed by atoms with van der Waals surface area (Å²) in [5.41, 5.74) is 3.08. The molecule has 2 heterocycles. The number of ether oxygens (including phenoxy) is 1. The molecule has 0 spiro atoms. The van der Waals surface area contributed by atoms with E-state index in [4.69, 9.17) is 4.74 Å². The first-order chi connectivity index (χ1) is 12.3. The second kappa shape index (κ2) is 5.49. The van der Waals surface area contributed by atoms with Crippen molar-refractivity contribution in [3.05, 3.63) is 58.0 Å². The van der Waals surface area contributed by atoms with E-state index in [1.807, 2.05) is 24.3 Å². The van der Waals surface area contributed by atoms with Crippen molar-refractivity contribution in [1.29, 1.82) is 0 Å². The third kappa shape index (κ3) is 2.15. The van der Waals surface area contributed by atoms with Crippen molar-refractivity contribution in [3.63, 3.8) is 0 Å². The van der Waals surface area contributed by atoms with Crippen LogP contribution in [0.5, 0.6) is 5.75 Å². The molecule has 0 bridgehead atoms. The first-order valence-corrected chi connectivity index (χ1v) is 9.35. The Balaban J connectivity index is 1.65. The number of hydrogen-bond acceptors (Lipinski definition) is 4. The predicted octanol–water partition coefficient (Wildman–Crippen LogP) is 4.25. The Kier molecular flexibility index (Phi) is 3.25. The van der Waals surface area contributed by atoms with Crippen molar-refractivity contribution >= 4 is 33.0 Å². The molecule has 2 N–H and O–H groups in total. The molecule has 2 aliphatic rings. The Hall–Kier alpha value is -2.53. The van der Waals surface area contributed by atoms with Gasteiger partial charge in [0.25, 0.3) is 5.91 Å². The highest BCUT2D eigenvalue weighted by molar-refractivity contribution is 7.16. The monoisotopic (exact) mass is 350 g/mol. The summed E-state index contributed by atoms with van der Waals surface area (Å²) in [5.74, 6) is 0.803. The smallest absolute Gasteiger partial charge is 0.256 e. The quantitative estimate of drug-likeness (QED) is 0.726. The average molecular weight is 350 g/mol. The lowest BCUT2D eigenvalue weighted by Crippen LogP contribution is -2.38. The molecule has 126 valence electrons. The van der Waals surface area contributed by atoms with Crippen molar-refractivity contribution < 1.29 is 9.53 Å². The Bertz CT molecular complexity index is 1010. The molecule has 1 aliphatic carbocycles. The highest BCUT2D eigenvalue weighted by Crippen LogP contribution is 2.44. The third-order valence-electron chi connectivity index (χ3n) is 5.14. The van der Waals surface area contributed by atoms with E-state index in [1.54, 1.807) is 18.4 Å². The molecule has 1 aliphatic heterocycles. The lowest BCUT2D eigenvalue weighted by Gasteiger charge is -2.28. The third-order valence-corrected chi connectivity index (χ3v) is 6.36. The van der Waals surface area contributed by atoms with Gasteiger partial charge in [0, 0.05) is 10.4 Å². The van der Waals surface area contributed by atoms with E-state index in [0.717, 1.165) is 51.9 Å². The fourth-order valence-corrected chi connectivity index (χ4v) is 5.33. The van der Waals surface area contributed by atoms with Crippen molar-refractivity contribution in [2.75, 3.05) is 12.4 Å². The maximum absolute atomic E-state index is 12.8. The van der Waals surface area contributed by atoms with Gasteiger partial charge in [-0.1, -0.05) is 30.3 Å². The number of thiophene rings is 1. The number of carbonyl (C=O) groups is 1. The molecular weight excluding hydrogens is 332 g/mol. The molecule has 25 heavy (non-hydrogen) atoms. The number of nitrogens with one attached hydrogen (secondary N) is 2. The van der Waals surface area contributed by atoms with Crippen molar-refractivity contribution in [2.24, 2.45) is 0 Å². The normalized spacial score (nSPS) is 18.4. The molecule has 4 nitrogen and oxygen atoms in total. The highest BCUT2D eigenvalue weighted by Gasteiger charge is 2.34. The zero-order valence-corrected chi connectivity index (χ0v) is 14.7. The SMILES string of the molecule is COc1ccc2ccccc2c1[C@H]1NC(=O)c2c(sc3c2CCC3)N1. The minimum atomic E-state index is -0.292. The number of rotatable bonds is 2. The second-order valence-corrected chi connectivity index (χ2v) is 7.62. The number of amides is 1. The van der Waals surface area contributed by atoms with Gasteiger partial charge < -0.3 is 15.4 Å². The van der Waals surface area contributed by atoms with E-state index in [0.29, 0.717) is 0 Å². The van der Waals surface area contributed by atoms with Crippen LogP contribution in [0.4, 0.5) is 5.00 Å².